The summed E-state index contributed by atoms with van der Waals surface area (Å²) < 4.78 is 0. The molecule has 124 valence electrons. The molecule has 25 heavy (non-hydrogen) atoms. The summed E-state index contributed by atoms with van der Waals surface area (Å²) in [5.41, 5.74) is 5.40. The van der Waals surface area contributed by atoms with Crippen LogP contribution in [0.5, 0.6) is 0 Å². The van der Waals surface area contributed by atoms with Crippen LogP contribution in [0.3, 0.4) is 0 Å². The summed E-state index contributed by atoms with van der Waals surface area (Å²) in [5, 5.41) is 8.73. The zero-order valence-electron chi connectivity index (χ0n) is 13.5. The van der Waals surface area contributed by atoms with Crippen LogP contribution in [0.15, 0.2) is 73.2 Å². The van der Waals surface area contributed by atoms with Crippen molar-refractivity contribution in [3.05, 3.63) is 83.8 Å². The fourth-order valence-electron chi connectivity index (χ4n) is 2.78. The summed E-state index contributed by atoms with van der Waals surface area (Å²) >= 11 is 6.03. The Morgan fingerprint density at radius 2 is 1.60 bits per heavy atom. The third-order valence-electron chi connectivity index (χ3n) is 4.07. The first-order valence-electron chi connectivity index (χ1n) is 8.04. The standard InChI is InChI=1S/C20H17ClN4/c21-15-1-6-19-14(13-24-20(19)11-15)12-23-16-2-4-17(5-3-16)25-18-7-9-22-10-8-18/h1-11,13,23-24H,12H2,(H,22,25). The molecule has 4 aromatic rings. The van der Waals surface area contributed by atoms with Crippen LogP contribution in [0.4, 0.5) is 17.1 Å². The highest BCUT2D eigenvalue weighted by Gasteiger charge is 2.04. The molecule has 0 bridgehead atoms. The van der Waals surface area contributed by atoms with Crippen molar-refractivity contribution in [1.29, 1.82) is 0 Å². The Morgan fingerprint density at radius 1 is 0.880 bits per heavy atom. The second-order valence-corrected chi connectivity index (χ2v) is 6.23. The molecule has 0 radical (unpaired) electrons. The summed E-state index contributed by atoms with van der Waals surface area (Å²) in [7, 11) is 0. The highest BCUT2D eigenvalue weighted by molar-refractivity contribution is 6.31. The van der Waals surface area contributed by atoms with Crippen LogP contribution >= 0.6 is 11.6 Å². The third-order valence-corrected chi connectivity index (χ3v) is 4.30. The smallest absolute Gasteiger partial charge is 0.0472 e. The Morgan fingerprint density at radius 3 is 2.40 bits per heavy atom. The lowest BCUT2D eigenvalue weighted by Crippen LogP contribution is -1.98. The summed E-state index contributed by atoms with van der Waals surface area (Å²) in [6, 6.07) is 18.0. The minimum absolute atomic E-state index is 0.742. The van der Waals surface area contributed by atoms with Crippen LogP contribution in [0.2, 0.25) is 5.02 Å². The fourth-order valence-corrected chi connectivity index (χ4v) is 2.95. The molecule has 2 aromatic carbocycles. The molecule has 0 aliphatic carbocycles. The van der Waals surface area contributed by atoms with Gasteiger partial charge in [0.15, 0.2) is 0 Å². The topological polar surface area (TPSA) is 52.7 Å². The van der Waals surface area contributed by atoms with E-state index in [0.29, 0.717) is 0 Å². The number of anilines is 3. The van der Waals surface area contributed by atoms with Crippen molar-refractivity contribution in [2.75, 3.05) is 10.6 Å². The second-order valence-electron chi connectivity index (χ2n) is 5.80. The average molecular weight is 349 g/mol. The Hall–Kier alpha value is -2.98. The van der Waals surface area contributed by atoms with Crippen molar-refractivity contribution >= 4 is 39.6 Å². The maximum Gasteiger partial charge on any atom is 0.0472 e. The van der Waals surface area contributed by atoms with Gasteiger partial charge in [-0.2, -0.15) is 0 Å². The molecule has 0 saturated carbocycles. The Balaban J connectivity index is 1.42. The first kappa shape index (κ1) is 15.5. The summed E-state index contributed by atoms with van der Waals surface area (Å²) in [6.07, 6.45) is 5.56. The Bertz CT molecular complexity index is 978. The normalized spacial score (nSPS) is 10.8. The van der Waals surface area contributed by atoms with Gasteiger partial charge in [-0.1, -0.05) is 17.7 Å². The van der Waals surface area contributed by atoms with E-state index in [2.05, 4.69) is 44.9 Å². The minimum atomic E-state index is 0.742. The maximum absolute atomic E-state index is 6.03. The van der Waals surface area contributed by atoms with Gasteiger partial charge in [0.25, 0.3) is 0 Å². The molecular formula is C20H17ClN4. The van der Waals surface area contributed by atoms with Crippen LogP contribution in [-0.2, 0) is 6.54 Å². The van der Waals surface area contributed by atoms with Crippen molar-refractivity contribution in [2.45, 2.75) is 6.54 Å². The SMILES string of the molecule is Clc1ccc2c(CNc3ccc(Nc4ccncc4)cc3)c[nH]c2c1. The van der Waals surface area contributed by atoms with Crippen LogP contribution < -0.4 is 10.6 Å². The van der Waals surface area contributed by atoms with E-state index in [9.17, 15) is 0 Å². The fraction of sp³-hybridized carbons (Fsp3) is 0.0500. The monoisotopic (exact) mass is 348 g/mol. The van der Waals surface area contributed by atoms with E-state index in [1.165, 1.54) is 10.9 Å². The Labute approximate surface area is 150 Å². The number of hydrogen-bond acceptors (Lipinski definition) is 3. The van der Waals surface area contributed by atoms with Gasteiger partial charge in [0.1, 0.15) is 0 Å². The highest BCUT2D eigenvalue weighted by atomic mass is 35.5. The molecule has 0 saturated heterocycles. The molecule has 0 spiro atoms. The summed E-state index contributed by atoms with van der Waals surface area (Å²) in [4.78, 5) is 7.28. The number of hydrogen-bond donors (Lipinski definition) is 3. The average Bonchev–Trinajstić information content (AvgIpc) is 3.04. The molecule has 0 aliphatic rings. The summed E-state index contributed by atoms with van der Waals surface area (Å²) in [5.74, 6) is 0. The number of nitrogens with zero attached hydrogens (tertiary/aromatic N) is 1. The number of aromatic amines is 1. The van der Waals surface area contributed by atoms with Crippen molar-refractivity contribution < 1.29 is 0 Å². The van der Waals surface area contributed by atoms with Crippen LogP contribution in [-0.4, -0.2) is 9.97 Å². The lowest BCUT2D eigenvalue weighted by Gasteiger charge is -2.09. The van der Waals surface area contributed by atoms with Gasteiger partial charge in [0.2, 0.25) is 0 Å². The van der Waals surface area contributed by atoms with Gasteiger partial charge in [-0.05, 0) is 54.1 Å². The maximum atomic E-state index is 6.03. The highest BCUT2D eigenvalue weighted by Crippen LogP contribution is 2.23. The van der Waals surface area contributed by atoms with Gasteiger partial charge in [-0.25, -0.2) is 0 Å². The van der Waals surface area contributed by atoms with Gasteiger partial charge in [0.05, 0.1) is 0 Å². The van der Waals surface area contributed by atoms with Gasteiger partial charge in [0, 0.05) is 58.1 Å². The molecule has 0 amide bonds. The van der Waals surface area contributed by atoms with Crippen molar-refractivity contribution in [1.82, 2.24) is 9.97 Å². The predicted molar refractivity (Wildman–Crippen MR) is 105 cm³/mol. The van der Waals surface area contributed by atoms with E-state index in [1.54, 1.807) is 12.4 Å². The van der Waals surface area contributed by atoms with E-state index in [0.717, 1.165) is 34.1 Å². The lowest BCUT2D eigenvalue weighted by atomic mass is 10.1. The number of halogens is 1. The van der Waals surface area contributed by atoms with Gasteiger partial charge < -0.3 is 15.6 Å². The molecule has 2 aromatic heterocycles. The first-order chi connectivity index (χ1) is 12.3. The largest absolute Gasteiger partial charge is 0.381 e. The van der Waals surface area contributed by atoms with Gasteiger partial charge in [-0.3, -0.25) is 4.98 Å². The van der Waals surface area contributed by atoms with E-state index < -0.39 is 0 Å². The molecule has 0 fully saturated rings. The zero-order valence-corrected chi connectivity index (χ0v) is 14.2. The van der Waals surface area contributed by atoms with Gasteiger partial charge >= 0.3 is 0 Å². The Kier molecular flexibility index (Phi) is 4.27. The third kappa shape index (κ3) is 3.59. The van der Waals surface area contributed by atoms with Crippen molar-refractivity contribution in [3.63, 3.8) is 0 Å². The molecule has 0 atom stereocenters. The number of aromatic nitrogens is 2. The van der Waals surface area contributed by atoms with Gasteiger partial charge in [-0.15, -0.1) is 0 Å². The first-order valence-corrected chi connectivity index (χ1v) is 8.42. The second kappa shape index (κ2) is 6.87. The molecule has 4 rings (SSSR count). The molecule has 5 heteroatoms. The van der Waals surface area contributed by atoms with Crippen LogP contribution in [0.1, 0.15) is 5.56 Å². The van der Waals surface area contributed by atoms with E-state index in [-0.39, 0.29) is 0 Å². The molecule has 4 nitrogen and oxygen atoms in total. The summed E-state index contributed by atoms with van der Waals surface area (Å²) in [6.45, 7) is 0.749. The number of pyridine rings is 1. The van der Waals surface area contributed by atoms with Crippen LogP contribution in [0, 0.1) is 0 Å². The number of nitrogens with one attached hydrogen (secondary N) is 3. The molecule has 2 heterocycles. The minimum Gasteiger partial charge on any atom is -0.381 e. The van der Waals surface area contributed by atoms with Crippen LogP contribution in [0.25, 0.3) is 10.9 Å². The molecule has 0 aliphatic heterocycles. The van der Waals surface area contributed by atoms with Crippen molar-refractivity contribution in [3.8, 4) is 0 Å². The molecule has 0 unspecified atom stereocenters. The predicted octanol–water partition coefficient (Wildman–Crippen LogP) is 5.57. The number of rotatable bonds is 5. The number of benzene rings is 2. The number of H-pyrrole nitrogens is 1. The van der Waals surface area contributed by atoms with E-state index in [4.69, 9.17) is 11.6 Å². The quantitative estimate of drug-likeness (QED) is 0.442. The zero-order chi connectivity index (χ0) is 17.1. The van der Waals surface area contributed by atoms with E-state index in [1.807, 2.05) is 36.5 Å². The molecule has 3 N–H and O–H groups in total. The van der Waals surface area contributed by atoms with E-state index >= 15 is 0 Å². The number of fused-ring (bicyclic) bond motifs is 1. The molecular weight excluding hydrogens is 332 g/mol. The van der Waals surface area contributed by atoms with Crippen molar-refractivity contribution in [2.24, 2.45) is 0 Å². The lowest BCUT2D eigenvalue weighted by molar-refractivity contribution is 1.16.